The van der Waals surface area contributed by atoms with E-state index in [9.17, 15) is 16.8 Å². The van der Waals surface area contributed by atoms with Gasteiger partial charge in [-0.05, 0) is 25.0 Å². The highest BCUT2D eigenvalue weighted by atomic mass is 32.2. The number of hydrogen-bond donors (Lipinski definition) is 2. The summed E-state index contributed by atoms with van der Waals surface area (Å²) in [5, 5.41) is 5.08. The highest BCUT2D eigenvalue weighted by molar-refractivity contribution is 7.92. The number of rotatable bonds is 5. The van der Waals surface area contributed by atoms with Crippen LogP contribution in [-0.2, 0) is 20.0 Å². The normalized spacial score (nSPS) is 16.1. The monoisotopic (exact) mass is 306 g/mol. The van der Waals surface area contributed by atoms with E-state index in [0.717, 1.165) is 19.1 Å². The van der Waals surface area contributed by atoms with Gasteiger partial charge in [0.2, 0.25) is 20.0 Å². The Morgan fingerprint density at radius 3 is 2.37 bits per heavy atom. The van der Waals surface area contributed by atoms with Gasteiger partial charge >= 0.3 is 0 Å². The minimum Gasteiger partial charge on any atom is -0.489 e. The van der Waals surface area contributed by atoms with Crippen LogP contribution in [0.4, 0.5) is 5.69 Å². The molecule has 0 aliphatic heterocycles. The van der Waals surface area contributed by atoms with Crippen LogP contribution >= 0.6 is 0 Å². The molecule has 1 aliphatic rings. The van der Waals surface area contributed by atoms with Crippen molar-refractivity contribution in [3.8, 4) is 5.75 Å². The van der Waals surface area contributed by atoms with Crippen molar-refractivity contribution in [2.24, 2.45) is 5.14 Å². The Labute approximate surface area is 111 Å². The lowest BCUT2D eigenvalue weighted by atomic mass is 10.3. The fourth-order valence-electron chi connectivity index (χ4n) is 1.48. The van der Waals surface area contributed by atoms with Crippen LogP contribution in [-0.4, -0.2) is 29.2 Å². The van der Waals surface area contributed by atoms with Crippen LogP contribution < -0.4 is 14.6 Å². The van der Waals surface area contributed by atoms with Crippen molar-refractivity contribution in [3.63, 3.8) is 0 Å². The SMILES string of the molecule is CS(=O)(=O)Nc1ccc(S(N)(=O)=O)c(OC2CC2)c1. The molecule has 3 N–H and O–H groups in total. The maximum absolute atomic E-state index is 11.4. The number of hydrogen-bond acceptors (Lipinski definition) is 5. The number of ether oxygens (including phenoxy) is 1. The van der Waals surface area contributed by atoms with Crippen LogP contribution in [0.15, 0.2) is 23.1 Å². The average molecular weight is 306 g/mol. The Kier molecular flexibility index (Phi) is 3.45. The van der Waals surface area contributed by atoms with Gasteiger partial charge in [0.05, 0.1) is 18.0 Å². The van der Waals surface area contributed by atoms with Crippen LogP contribution in [0.1, 0.15) is 12.8 Å². The zero-order chi connectivity index (χ0) is 14.3. The molecule has 0 atom stereocenters. The molecule has 0 bridgehead atoms. The quantitative estimate of drug-likeness (QED) is 0.809. The molecule has 2 rings (SSSR count). The average Bonchev–Trinajstić information content (AvgIpc) is 2.97. The van der Waals surface area contributed by atoms with Gasteiger partial charge in [-0.3, -0.25) is 4.72 Å². The van der Waals surface area contributed by atoms with Crippen molar-refractivity contribution >= 4 is 25.7 Å². The Balaban J connectivity index is 2.40. The van der Waals surface area contributed by atoms with Crippen molar-refractivity contribution in [1.29, 1.82) is 0 Å². The second kappa shape index (κ2) is 4.66. The second-order valence-electron chi connectivity index (χ2n) is 4.40. The zero-order valence-electron chi connectivity index (χ0n) is 10.2. The van der Waals surface area contributed by atoms with Gasteiger partial charge in [-0.25, -0.2) is 22.0 Å². The van der Waals surface area contributed by atoms with Crippen LogP contribution in [0.25, 0.3) is 0 Å². The lowest BCUT2D eigenvalue weighted by Crippen LogP contribution is -2.15. The largest absolute Gasteiger partial charge is 0.489 e. The Bertz CT molecular complexity index is 693. The molecule has 0 heterocycles. The number of primary sulfonamides is 1. The predicted molar refractivity (Wildman–Crippen MR) is 69.9 cm³/mol. The first kappa shape index (κ1) is 14.1. The third-order valence-corrected chi connectivity index (χ3v) is 3.93. The number of nitrogens with two attached hydrogens (primary N) is 1. The van der Waals surface area contributed by atoms with E-state index in [-0.39, 0.29) is 22.4 Å². The molecule has 0 amide bonds. The van der Waals surface area contributed by atoms with Crippen molar-refractivity contribution in [1.82, 2.24) is 0 Å². The number of sulfonamides is 2. The molecule has 0 spiro atoms. The fourth-order valence-corrected chi connectivity index (χ4v) is 2.68. The van der Waals surface area contributed by atoms with Gasteiger partial charge in [0.25, 0.3) is 0 Å². The summed E-state index contributed by atoms with van der Waals surface area (Å²) < 4.78 is 52.8. The predicted octanol–water partition coefficient (Wildman–Crippen LogP) is 0.247. The van der Waals surface area contributed by atoms with Crippen molar-refractivity contribution in [2.75, 3.05) is 11.0 Å². The molecule has 0 unspecified atom stereocenters. The summed E-state index contributed by atoms with van der Waals surface area (Å²) in [5.74, 6) is 0.0682. The number of benzene rings is 1. The highest BCUT2D eigenvalue weighted by Crippen LogP contribution is 2.33. The summed E-state index contributed by atoms with van der Waals surface area (Å²) in [7, 11) is -7.36. The first-order valence-electron chi connectivity index (χ1n) is 5.46. The summed E-state index contributed by atoms with van der Waals surface area (Å²) in [6, 6.07) is 3.86. The van der Waals surface area contributed by atoms with E-state index < -0.39 is 20.0 Å². The minimum atomic E-state index is -3.91. The Hall–Kier alpha value is -1.32. The molecular weight excluding hydrogens is 292 g/mol. The molecule has 7 nitrogen and oxygen atoms in total. The van der Waals surface area contributed by atoms with E-state index >= 15 is 0 Å². The van der Waals surface area contributed by atoms with E-state index in [2.05, 4.69) is 4.72 Å². The van der Waals surface area contributed by atoms with E-state index in [1.807, 2.05) is 0 Å². The molecule has 1 fully saturated rings. The number of anilines is 1. The van der Waals surface area contributed by atoms with Gasteiger partial charge in [-0.15, -0.1) is 0 Å². The summed E-state index contributed by atoms with van der Waals surface area (Å²) >= 11 is 0. The molecule has 0 aromatic heterocycles. The molecule has 1 saturated carbocycles. The molecule has 19 heavy (non-hydrogen) atoms. The molecular formula is C10H14N2O5S2. The van der Waals surface area contributed by atoms with Gasteiger partial charge in [-0.1, -0.05) is 0 Å². The molecule has 0 saturated heterocycles. The summed E-state index contributed by atoms with van der Waals surface area (Å²) in [5.41, 5.74) is 0.227. The maximum Gasteiger partial charge on any atom is 0.241 e. The van der Waals surface area contributed by atoms with Gasteiger partial charge < -0.3 is 4.74 Å². The molecule has 0 radical (unpaired) electrons. The summed E-state index contributed by atoms with van der Waals surface area (Å²) in [4.78, 5) is -0.154. The fraction of sp³-hybridized carbons (Fsp3) is 0.400. The van der Waals surface area contributed by atoms with Crippen molar-refractivity contribution in [2.45, 2.75) is 23.8 Å². The third kappa shape index (κ3) is 4.08. The minimum absolute atomic E-state index is 0.0333. The molecule has 1 aliphatic carbocycles. The molecule has 1 aromatic carbocycles. The second-order valence-corrected chi connectivity index (χ2v) is 7.68. The zero-order valence-corrected chi connectivity index (χ0v) is 11.8. The van der Waals surface area contributed by atoms with Crippen molar-refractivity contribution < 1.29 is 21.6 Å². The lowest BCUT2D eigenvalue weighted by Gasteiger charge is -2.12. The smallest absolute Gasteiger partial charge is 0.241 e. The van der Waals surface area contributed by atoms with Gasteiger partial charge in [0, 0.05) is 6.07 Å². The lowest BCUT2D eigenvalue weighted by molar-refractivity contribution is 0.295. The maximum atomic E-state index is 11.4. The summed E-state index contributed by atoms with van der Waals surface area (Å²) in [6.45, 7) is 0. The molecule has 9 heteroatoms. The van der Waals surface area contributed by atoms with Crippen LogP contribution in [0.2, 0.25) is 0 Å². The van der Waals surface area contributed by atoms with E-state index in [1.165, 1.54) is 18.2 Å². The van der Waals surface area contributed by atoms with E-state index in [0.29, 0.717) is 0 Å². The molecule has 1 aromatic rings. The van der Waals surface area contributed by atoms with Crippen LogP contribution in [0, 0.1) is 0 Å². The van der Waals surface area contributed by atoms with Crippen molar-refractivity contribution in [3.05, 3.63) is 18.2 Å². The first-order chi connectivity index (χ1) is 8.65. The standard InChI is InChI=1S/C10H14N2O5S2/c1-18(13,14)12-7-2-5-10(19(11,15)16)9(6-7)17-8-3-4-8/h2,5-6,8,12H,3-4H2,1H3,(H2,11,15,16). The van der Waals surface area contributed by atoms with Crippen LogP contribution in [0.3, 0.4) is 0 Å². The van der Waals surface area contributed by atoms with E-state index in [4.69, 9.17) is 9.88 Å². The van der Waals surface area contributed by atoms with Gasteiger partial charge in [0.15, 0.2) is 0 Å². The van der Waals surface area contributed by atoms with Gasteiger partial charge in [-0.2, -0.15) is 0 Å². The topological polar surface area (TPSA) is 116 Å². The third-order valence-electron chi connectivity index (χ3n) is 2.37. The Morgan fingerprint density at radius 2 is 1.89 bits per heavy atom. The Morgan fingerprint density at radius 1 is 1.26 bits per heavy atom. The highest BCUT2D eigenvalue weighted by Gasteiger charge is 2.27. The number of nitrogens with one attached hydrogen (secondary N) is 1. The van der Waals surface area contributed by atoms with Crippen LogP contribution in [0.5, 0.6) is 5.75 Å². The van der Waals surface area contributed by atoms with Gasteiger partial charge in [0.1, 0.15) is 10.6 Å². The summed E-state index contributed by atoms with van der Waals surface area (Å²) in [6.07, 6.45) is 2.65. The molecule has 106 valence electrons. The first-order valence-corrected chi connectivity index (χ1v) is 8.90. The van der Waals surface area contributed by atoms with E-state index in [1.54, 1.807) is 0 Å².